The molecule has 4 nitrogen and oxygen atoms in total. The van der Waals surface area contributed by atoms with Crippen LogP contribution in [-0.2, 0) is 0 Å². The van der Waals surface area contributed by atoms with E-state index in [1.807, 2.05) is 6.92 Å². The van der Waals surface area contributed by atoms with Crippen LogP contribution in [0.4, 0.5) is 10.2 Å². The predicted octanol–water partition coefficient (Wildman–Crippen LogP) is 1.38. The van der Waals surface area contributed by atoms with Crippen molar-refractivity contribution in [2.24, 2.45) is 0 Å². The predicted molar refractivity (Wildman–Crippen MR) is 57.9 cm³/mol. The highest BCUT2D eigenvalue weighted by molar-refractivity contribution is 5.93. The maximum atomic E-state index is 12.9. The minimum atomic E-state index is -1.22. The van der Waals surface area contributed by atoms with Crippen molar-refractivity contribution in [3.8, 4) is 12.3 Å². The number of pyridine rings is 1. The van der Waals surface area contributed by atoms with Gasteiger partial charge in [0.15, 0.2) is 0 Å². The number of hydrogen-bond donors (Lipinski definition) is 1. The molecule has 0 aromatic carbocycles. The van der Waals surface area contributed by atoms with Crippen molar-refractivity contribution in [3.05, 3.63) is 23.6 Å². The zero-order valence-electron chi connectivity index (χ0n) is 8.77. The van der Waals surface area contributed by atoms with Gasteiger partial charge in [-0.3, -0.25) is 0 Å². The molecule has 1 heterocycles. The molecular formula is C11H11FN2O2. The van der Waals surface area contributed by atoms with Crippen LogP contribution in [0.25, 0.3) is 0 Å². The Morgan fingerprint density at radius 2 is 2.44 bits per heavy atom. The summed E-state index contributed by atoms with van der Waals surface area (Å²) in [6, 6.07) is 0.934. The fourth-order valence-electron chi connectivity index (χ4n) is 1.29. The molecule has 0 fully saturated rings. The molecular weight excluding hydrogens is 211 g/mol. The number of halogens is 1. The van der Waals surface area contributed by atoms with E-state index in [2.05, 4.69) is 10.9 Å². The first-order chi connectivity index (χ1) is 7.60. The number of terminal acetylenes is 1. The Labute approximate surface area is 92.7 Å². The van der Waals surface area contributed by atoms with Crippen molar-refractivity contribution in [2.75, 3.05) is 18.0 Å². The topological polar surface area (TPSA) is 53.4 Å². The van der Waals surface area contributed by atoms with E-state index in [-0.39, 0.29) is 17.9 Å². The molecule has 0 aliphatic carbocycles. The third kappa shape index (κ3) is 2.48. The molecule has 1 N–H and O–H groups in total. The molecule has 0 saturated carbocycles. The van der Waals surface area contributed by atoms with Gasteiger partial charge < -0.3 is 10.0 Å². The first-order valence-electron chi connectivity index (χ1n) is 4.67. The Morgan fingerprint density at radius 1 is 1.75 bits per heavy atom. The number of aromatic nitrogens is 1. The smallest absolute Gasteiger partial charge is 0.339 e. The van der Waals surface area contributed by atoms with Crippen LogP contribution >= 0.6 is 0 Å². The Bertz CT molecular complexity index is 440. The van der Waals surface area contributed by atoms with Gasteiger partial charge >= 0.3 is 5.97 Å². The highest BCUT2D eigenvalue weighted by Gasteiger charge is 2.16. The summed E-state index contributed by atoms with van der Waals surface area (Å²) in [5.41, 5.74) is -0.183. The molecule has 1 rings (SSSR count). The number of anilines is 1. The van der Waals surface area contributed by atoms with E-state index in [0.717, 1.165) is 12.3 Å². The second-order valence-corrected chi connectivity index (χ2v) is 3.05. The summed E-state index contributed by atoms with van der Waals surface area (Å²) in [4.78, 5) is 16.3. The van der Waals surface area contributed by atoms with E-state index in [9.17, 15) is 9.18 Å². The molecule has 0 bridgehead atoms. The van der Waals surface area contributed by atoms with Crippen LogP contribution in [-0.4, -0.2) is 29.1 Å². The fraction of sp³-hybridized carbons (Fsp3) is 0.273. The van der Waals surface area contributed by atoms with Gasteiger partial charge in [0.25, 0.3) is 0 Å². The number of rotatable bonds is 4. The molecule has 1 aromatic rings. The molecule has 0 spiro atoms. The van der Waals surface area contributed by atoms with Crippen LogP contribution in [0.3, 0.4) is 0 Å². The average molecular weight is 222 g/mol. The van der Waals surface area contributed by atoms with E-state index in [1.54, 1.807) is 4.90 Å². The first kappa shape index (κ1) is 12.0. The summed E-state index contributed by atoms with van der Waals surface area (Å²) in [6.07, 6.45) is 6.13. The molecule has 0 amide bonds. The lowest BCUT2D eigenvalue weighted by atomic mass is 10.2. The summed E-state index contributed by atoms with van der Waals surface area (Å²) in [5, 5.41) is 8.92. The minimum absolute atomic E-state index is 0.183. The maximum absolute atomic E-state index is 12.9. The largest absolute Gasteiger partial charge is 0.478 e. The van der Waals surface area contributed by atoms with Crippen molar-refractivity contribution in [2.45, 2.75) is 6.92 Å². The zero-order chi connectivity index (χ0) is 12.1. The third-order valence-electron chi connectivity index (χ3n) is 2.03. The van der Waals surface area contributed by atoms with Gasteiger partial charge in [0.2, 0.25) is 0 Å². The monoisotopic (exact) mass is 222 g/mol. The average Bonchev–Trinajstić information content (AvgIpc) is 2.26. The highest BCUT2D eigenvalue weighted by Crippen LogP contribution is 2.18. The van der Waals surface area contributed by atoms with Crippen LogP contribution in [0.1, 0.15) is 17.3 Å². The van der Waals surface area contributed by atoms with Crippen molar-refractivity contribution in [3.63, 3.8) is 0 Å². The Kier molecular flexibility index (Phi) is 3.84. The van der Waals surface area contributed by atoms with Crippen LogP contribution in [0.15, 0.2) is 12.3 Å². The van der Waals surface area contributed by atoms with Crippen molar-refractivity contribution >= 4 is 11.8 Å². The van der Waals surface area contributed by atoms with Gasteiger partial charge in [-0.2, -0.15) is 0 Å². The van der Waals surface area contributed by atoms with Gasteiger partial charge in [0.05, 0.1) is 12.7 Å². The van der Waals surface area contributed by atoms with E-state index in [0.29, 0.717) is 6.54 Å². The van der Waals surface area contributed by atoms with Crippen molar-refractivity contribution in [1.29, 1.82) is 0 Å². The molecule has 5 heteroatoms. The van der Waals surface area contributed by atoms with Crippen molar-refractivity contribution < 1.29 is 14.3 Å². The highest BCUT2D eigenvalue weighted by atomic mass is 19.1. The van der Waals surface area contributed by atoms with Crippen LogP contribution < -0.4 is 4.90 Å². The Morgan fingerprint density at radius 3 is 2.94 bits per heavy atom. The standard InChI is InChI=1S/C11H11FN2O2/c1-3-5-14(4-2)10-9(11(15)16)6-8(12)7-13-10/h1,6-7H,4-5H2,2H3,(H,15,16). The number of hydrogen-bond acceptors (Lipinski definition) is 3. The lowest BCUT2D eigenvalue weighted by Crippen LogP contribution is -2.26. The van der Waals surface area contributed by atoms with Gasteiger partial charge in [-0.1, -0.05) is 5.92 Å². The summed E-state index contributed by atoms with van der Waals surface area (Å²) in [6.45, 7) is 2.55. The van der Waals surface area contributed by atoms with E-state index in [4.69, 9.17) is 11.5 Å². The molecule has 16 heavy (non-hydrogen) atoms. The summed E-state index contributed by atoms with van der Waals surface area (Å²) in [5.74, 6) is 0.679. The molecule has 0 unspecified atom stereocenters. The lowest BCUT2D eigenvalue weighted by molar-refractivity contribution is 0.0696. The van der Waals surface area contributed by atoms with Gasteiger partial charge in [-0.05, 0) is 13.0 Å². The van der Waals surface area contributed by atoms with E-state index >= 15 is 0 Å². The summed E-state index contributed by atoms with van der Waals surface area (Å²) in [7, 11) is 0. The Hall–Kier alpha value is -2.09. The SMILES string of the molecule is C#CCN(CC)c1ncc(F)cc1C(=O)O. The summed E-state index contributed by atoms with van der Waals surface area (Å²) < 4.78 is 12.9. The van der Waals surface area contributed by atoms with Gasteiger partial charge in [-0.15, -0.1) is 6.42 Å². The van der Waals surface area contributed by atoms with E-state index in [1.165, 1.54) is 0 Å². The van der Waals surface area contributed by atoms with E-state index < -0.39 is 11.8 Å². The number of carboxylic acids is 1. The second-order valence-electron chi connectivity index (χ2n) is 3.05. The minimum Gasteiger partial charge on any atom is -0.478 e. The van der Waals surface area contributed by atoms with Crippen molar-refractivity contribution in [1.82, 2.24) is 4.98 Å². The van der Waals surface area contributed by atoms with Gasteiger partial charge in [-0.25, -0.2) is 14.2 Å². The normalized spacial score (nSPS) is 9.56. The first-order valence-corrected chi connectivity index (χ1v) is 4.67. The molecule has 0 aliphatic rings. The molecule has 0 saturated heterocycles. The number of carboxylic acid groups (broad SMARTS) is 1. The third-order valence-corrected chi connectivity index (χ3v) is 2.03. The number of aromatic carboxylic acids is 1. The summed E-state index contributed by atoms with van der Waals surface area (Å²) >= 11 is 0. The lowest BCUT2D eigenvalue weighted by Gasteiger charge is -2.20. The molecule has 84 valence electrons. The number of nitrogens with zero attached hydrogens (tertiary/aromatic N) is 2. The molecule has 1 aromatic heterocycles. The fourth-order valence-corrected chi connectivity index (χ4v) is 1.29. The van der Waals surface area contributed by atoms with Crippen LogP contribution in [0.5, 0.6) is 0 Å². The Balaban J connectivity index is 3.21. The maximum Gasteiger partial charge on any atom is 0.339 e. The van der Waals surface area contributed by atoms with Crippen LogP contribution in [0, 0.1) is 18.2 Å². The second kappa shape index (κ2) is 5.12. The molecule has 0 radical (unpaired) electrons. The quantitative estimate of drug-likeness (QED) is 0.782. The molecule has 0 atom stereocenters. The van der Waals surface area contributed by atoms with Gasteiger partial charge in [0.1, 0.15) is 17.2 Å². The van der Waals surface area contributed by atoms with Crippen LogP contribution in [0.2, 0.25) is 0 Å². The molecule has 0 aliphatic heterocycles. The number of carbonyl (C=O) groups is 1. The van der Waals surface area contributed by atoms with Gasteiger partial charge in [0, 0.05) is 6.54 Å². The zero-order valence-corrected chi connectivity index (χ0v) is 8.77.